The average Bonchev–Trinajstić information content (AvgIpc) is 2.44. The molecule has 0 amide bonds. The molecule has 0 aromatic carbocycles. The van der Waals surface area contributed by atoms with Crippen LogP contribution in [0.5, 0.6) is 0 Å². The summed E-state index contributed by atoms with van der Waals surface area (Å²) in [4.78, 5) is 4.36. The molecule has 3 nitrogen and oxygen atoms in total. The third kappa shape index (κ3) is 2.72. The minimum absolute atomic E-state index is 0.411. The fourth-order valence-electron chi connectivity index (χ4n) is 1.29. The van der Waals surface area contributed by atoms with Crippen LogP contribution in [0.2, 0.25) is 0 Å². The quantitative estimate of drug-likeness (QED) is 0.674. The van der Waals surface area contributed by atoms with E-state index in [9.17, 15) is 4.21 Å². The van der Waals surface area contributed by atoms with Crippen molar-refractivity contribution in [2.75, 3.05) is 25.1 Å². The standard InChI is InChI=1S/C9H18N2OS/c1-4-13(12)8-7-11-6-5-10(3)9(11)2/h5-6,9H,4,7-8H2,1-3H3. The van der Waals surface area contributed by atoms with Gasteiger partial charge in [-0.25, -0.2) is 0 Å². The predicted molar refractivity (Wildman–Crippen MR) is 56.6 cm³/mol. The molecule has 0 saturated heterocycles. The monoisotopic (exact) mass is 202 g/mol. The van der Waals surface area contributed by atoms with Crippen molar-refractivity contribution >= 4 is 10.8 Å². The molecule has 1 rings (SSSR count). The zero-order valence-corrected chi connectivity index (χ0v) is 9.38. The molecule has 1 aliphatic heterocycles. The van der Waals surface area contributed by atoms with Gasteiger partial charge in [-0.05, 0) is 6.92 Å². The fourth-order valence-corrected chi connectivity index (χ4v) is 1.99. The van der Waals surface area contributed by atoms with Crippen LogP contribution in [0.1, 0.15) is 13.8 Å². The SMILES string of the molecule is CCS(=O)CCN1C=CN(C)C1C. The van der Waals surface area contributed by atoms with E-state index in [1.807, 2.05) is 6.92 Å². The van der Waals surface area contributed by atoms with E-state index in [1.165, 1.54) is 0 Å². The molecule has 1 aliphatic rings. The molecule has 0 spiro atoms. The molecule has 2 unspecified atom stereocenters. The molecular weight excluding hydrogens is 184 g/mol. The fraction of sp³-hybridized carbons (Fsp3) is 0.778. The van der Waals surface area contributed by atoms with E-state index >= 15 is 0 Å². The van der Waals surface area contributed by atoms with Gasteiger partial charge in [0, 0.05) is 48.3 Å². The molecule has 2 atom stereocenters. The Morgan fingerprint density at radius 1 is 1.46 bits per heavy atom. The third-order valence-corrected chi connectivity index (χ3v) is 3.74. The summed E-state index contributed by atoms with van der Waals surface area (Å²) in [5.74, 6) is 1.54. The molecule has 4 heteroatoms. The molecule has 0 fully saturated rings. The van der Waals surface area contributed by atoms with Crippen molar-refractivity contribution in [3.63, 3.8) is 0 Å². The van der Waals surface area contributed by atoms with Gasteiger partial charge in [-0.1, -0.05) is 6.92 Å². The first-order valence-corrected chi connectivity index (χ1v) is 6.15. The Hall–Kier alpha value is -0.510. The van der Waals surface area contributed by atoms with Gasteiger partial charge in [0.05, 0.1) is 6.17 Å². The molecule has 0 aliphatic carbocycles. The van der Waals surface area contributed by atoms with Gasteiger partial charge < -0.3 is 9.80 Å². The number of nitrogens with zero attached hydrogens (tertiary/aromatic N) is 2. The lowest BCUT2D eigenvalue weighted by Gasteiger charge is -2.26. The second kappa shape index (κ2) is 4.65. The minimum Gasteiger partial charge on any atom is -0.359 e. The molecule has 0 bridgehead atoms. The van der Waals surface area contributed by atoms with Gasteiger partial charge in [-0.3, -0.25) is 4.21 Å². The van der Waals surface area contributed by atoms with Crippen LogP contribution in [0.15, 0.2) is 12.4 Å². The average molecular weight is 202 g/mol. The summed E-state index contributed by atoms with van der Waals surface area (Å²) >= 11 is 0. The van der Waals surface area contributed by atoms with E-state index in [-0.39, 0.29) is 0 Å². The highest BCUT2D eigenvalue weighted by Crippen LogP contribution is 2.12. The zero-order chi connectivity index (χ0) is 9.84. The van der Waals surface area contributed by atoms with Gasteiger partial charge in [0.2, 0.25) is 0 Å². The molecular formula is C9H18N2OS. The Labute approximate surface area is 82.9 Å². The molecule has 0 radical (unpaired) electrons. The first kappa shape index (κ1) is 10.6. The maximum atomic E-state index is 11.2. The highest BCUT2D eigenvalue weighted by molar-refractivity contribution is 7.84. The van der Waals surface area contributed by atoms with Crippen LogP contribution < -0.4 is 0 Å². The first-order chi connectivity index (χ1) is 6.15. The van der Waals surface area contributed by atoms with E-state index in [2.05, 4.69) is 36.2 Å². The molecule has 13 heavy (non-hydrogen) atoms. The highest BCUT2D eigenvalue weighted by atomic mass is 32.2. The molecule has 76 valence electrons. The van der Waals surface area contributed by atoms with Crippen LogP contribution in [0, 0.1) is 0 Å². The Morgan fingerprint density at radius 3 is 2.62 bits per heavy atom. The lowest BCUT2D eigenvalue weighted by Crippen LogP contribution is -2.35. The maximum Gasteiger partial charge on any atom is 0.0975 e. The van der Waals surface area contributed by atoms with E-state index in [1.54, 1.807) is 0 Å². The largest absolute Gasteiger partial charge is 0.359 e. The molecule has 0 N–H and O–H groups in total. The Morgan fingerprint density at radius 2 is 2.15 bits per heavy atom. The second-order valence-corrected chi connectivity index (χ2v) is 5.13. The highest BCUT2D eigenvalue weighted by Gasteiger charge is 2.17. The summed E-state index contributed by atoms with van der Waals surface area (Å²) in [5, 5.41) is 0. The van der Waals surface area contributed by atoms with Crippen LogP contribution in [-0.2, 0) is 10.8 Å². The summed E-state index contributed by atoms with van der Waals surface area (Å²) in [6.07, 6.45) is 4.53. The van der Waals surface area contributed by atoms with Gasteiger partial charge in [0.15, 0.2) is 0 Å². The third-order valence-electron chi connectivity index (χ3n) is 2.46. The van der Waals surface area contributed by atoms with Crippen LogP contribution in [0.4, 0.5) is 0 Å². The number of rotatable bonds is 4. The smallest absolute Gasteiger partial charge is 0.0975 e. The van der Waals surface area contributed by atoms with Gasteiger partial charge in [-0.15, -0.1) is 0 Å². The Bertz CT molecular complexity index is 218. The van der Waals surface area contributed by atoms with Crippen molar-refractivity contribution in [3.05, 3.63) is 12.4 Å². The summed E-state index contributed by atoms with van der Waals surface area (Å²) in [5.41, 5.74) is 0. The first-order valence-electron chi connectivity index (χ1n) is 4.66. The normalized spacial score (nSPS) is 24.1. The van der Waals surface area contributed by atoms with Crippen LogP contribution >= 0.6 is 0 Å². The van der Waals surface area contributed by atoms with Crippen molar-refractivity contribution < 1.29 is 4.21 Å². The molecule has 0 saturated carbocycles. The van der Waals surface area contributed by atoms with Crippen molar-refractivity contribution in [2.45, 2.75) is 20.0 Å². The van der Waals surface area contributed by atoms with Gasteiger partial charge in [0.1, 0.15) is 0 Å². The van der Waals surface area contributed by atoms with E-state index in [0.29, 0.717) is 6.17 Å². The topological polar surface area (TPSA) is 23.6 Å². The summed E-state index contributed by atoms with van der Waals surface area (Å²) in [6.45, 7) is 5.00. The van der Waals surface area contributed by atoms with Crippen molar-refractivity contribution in [1.82, 2.24) is 9.80 Å². The Balaban J connectivity index is 2.31. The number of hydrogen-bond donors (Lipinski definition) is 0. The minimum atomic E-state index is -0.643. The summed E-state index contributed by atoms with van der Waals surface area (Å²) in [6, 6.07) is 0. The summed E-state index contributed by atoms with van der Waals surface area (Å²) < 4.78 is 11.2. The van der Waals surface area contributed by atoms with Crippen molar-refractivity contribution in [2.24, 2.45) is 0 Å². The second-order valence-electron chi connectivity index (χ2n) is 3.27. The van der Waals surface area contributed by atoms with Crippen molar-refractivity contribution in [1.29, 1.82) is 0 Å². The van der Waals surface area contributed by atoms with E-state index in [4.69, 9.17) is 0 Å². The maximum absolute atomic E-state index is 11.2. The summed E-state index contributed by atoms with van der Waals surface area (Å²) in [7, 11) is 1.41. The van der Waals surface area contributed by atoms with Crippen molar-refractivity contribution in [3.8, 4) is 0 Å². The van der Waals surface area contributed by atoms with E-state index in [0.717, 1.165) is 18.1 Å². The molecule has 0 aromatic rings. The molecule has 0 aromatic heterocycles. The van der Waals surface area contributed by atoms with Crippen LogP contribution in [0.25, 0.3) is 0 Å². The Kier molecular flexibility index (Phi) is 3.78. The predicted octanol–water partition coefficient (Wildman–Crippen LogP) is 0.820. The lowest BCUT2D eigenvalue weighted by molar-refractivity contribution is 0.203. The van der Waals surface area contributed by atoms with Gasteiger partial charge in [-0.2, -0.15) is 0 Å². The number of hydrogen-bond acceptors (Lipinski definition) is 3. The van der Waals surface area contributed by atoms with Crippen LogP contribution in [0.3, 0.4) is 0 Å². The van der Waals surface area contributed by atoms with E-state index < -0.39 is 10.8 Å². The molecule has 1 heterocycles. The van der Waals surface area contributed by atoms with Gasteiger partial charge in [0.25, 0.3) is 0 Å². The van der Waals surface area contributed by atoms with Gasteiger partial charge >= 0.3 is 0 Å². The van der Waals surface area contributed by atoms with Crippen LogP contribution in [-0.4, -0.2) is 45.3 Å². The zero-order valence-electron chi connectivity index (χ0n) is 8.56. The lowest BCUT2D eigenvalue weighted by atomic mass is 10.5.